The fraction of sp³-hybridized carbons (Fsp3) is 0.591. The number of carboxylic acids is 1. The summed E-state index contributed by atoms with van der Waals surface area (Å²) in [5.41, 5.74) is 13.3. The molecule has 1 aromatic carbocycles. The van der Waals surface area contributed by atoms with Gasteiger partial charge in [0.2, 0.25) is 23.7 Å². The SMILES string of the molecule is CCCCN(CCCNC(=O)CCOCCOCCOC)C(=O)CCC(=O)O.CNC(=O)CC[C@@H](NC(=O)c1ccc(N(C)Cc2cnc3nc(N)nc(N)c3n2)cc1)C(=O)OC(C)(C)C. The van der Waals surface area contributed by atoms with Crippen LogP contribution in [0.5, 0.6) is 0 Å². The molecule has 0 radical (unpaired) electrons. The summed E-state index contributed by atoms with van der Waals surface area (Å²) in [5.74, 6) is -2.34. The number of nitrogens with two attached hydrogens (primary N) is 2. The number of methoxy groups -OCH3 is 1. The summed E-state index contributed by atoms with van der Waals surface area (Å²) in [6.07, 6.45) is 4.34. The number of benzene rings is 1. The quantitative estimate of drug-likeness (QED) is 0.0449. The molecule has 22 heteroatoms. The molecule has 0 fully saturated rings. The van der Waals surface area contributed by atoms with Gasteiger partial charge in [-0.15, -0.1) is 0 Å². The Morgan fingerprint density at radius 2 is 1.52 bits per heavy atom. The van der Waals surface area contributed by atoms with Gasteiger partial charge in [0, 0.05) is 71.4 Å². The summed E-state index contributed by atoms with van der Waals surface area (Å²) in [4.78, 5) is 92.1. The summed E-state index contributed by atoms with van der Waals surface area (Å²) in [6.45, 7) is 11.5. The Balaban J connectivity index is 0.000000478. The van der Waals surface area contributed by atoms with Gasteiger partial charge in [-0.3, -0.25) is 24.0 Å². The van der Waals surface area contributed by atoms with Crippen LogP contribution >= 0.6 is 0 Å². The number of rotatable bonds is 28. The van der Waals surface area contributed by atoms with Gasteiger partial charge < -0.3 is 61.3 Å². The van der Waals surface area contributed by atoms with Crippen LogP contribution in [-0.4, -0.2) is 151 Å². The molecule has 366 valence electrons. The van der Waals surface area contributed by atoms with E-state index in [-0.39, 0.29) is 61.6 Å². The van der Waals surface area contributed by atoms with E-state index in [9.17, 15) is 28.8 Å². The molecule has 0 spiro atoms. The largest absolute Gasteiger partial charge is 0.481 e. The highest BCUT2D eigenvalue weighted by Gasteiger charge is 2.28. The zero-order valence-electron chi connectivity index (χ0n) is 39.4. The molecular formula is C44H69N11O11. The molecule has 0 saturated heterocycles. The van der Waals surface area contributed by atoms with Gasteiger partial charge >= 0.3 is 11.9 Å². The van der Waals surface area contributed by atoms with Gasteiger partial charge in [-0.25, -0.2) is 14.8 Å². The third-order valence-electron chi connectivity index (χ3n) is 9.30. The van der Waals surface area contributed by atoms with E-state index in [0.717, 1.165) is 18.5 Å². The summed E-state index contributed by atoms with van der Waals surface area (Å²) in [5, 5.41) is 16.7. The summed E-state index contributed by atoms with van der Waals surface area (Å²) >= 11 is 0. The van der Waals surface area contributed by atoms with Crippen molar-refractivity contribution in [3.63, 3.8) is 0 Å². The maximum Gasteiger partial charge on any atom is 0.329 e. The number of unbranched alkanes of at least 4 members (excludes halogenated alkanes) is 1. The third kappa shape index (κ3) is 22.6. The molecule has 0 aliphatic carbocycles. The lowest BCUT2D eigenvalue weighted by Crippen LogP contribution is -2.44. The van der Waals surface area contributed by atoms with Crippen molar-refractivity contribution in [1.82, 2.24) is 40.8 Å². The molecule has 66 heavy (non-hydrogen) atoms. The topological polar surface area (TPSA) is 306 Å². The Labute approximate surface area is 386 Å². The van der Waals surface area contributed by atoms with Crippen molar-refractivity contribution >= 4 is 64.2 Å². The van der Waals surface area contributed by atoms with Crippen LogP contribution in [0.2, 0.25) is 0 Å². The smallest absolute Gasteiger partial charge is 0.329 e. The molecule has 0 unspecified atom stereocenters. The second-order valence-corrected chi connectivity index (χ2v) is 16.0. The molecule has 0 bridgehead atoms. The monoisotopic (exact) mass is 928 g/mol. The van der Waals surface area contributed by atoms with Gasteiger partial charge in [-0.2, -0.15) is 9.97 Å². The number of carbonyl (C=O) groups excluding carboxylic acids is 5. The second-order valence-electron chi connectivity index (χ2n) is 16.0. The Morgan fingerprint density at radius 1 is 0.848 bits per heavy atom. The minimum Gasteiger partial charge on any atom is -0.481 e. The van der Waals surface area contributed by atoms with Crippen molar-refractivity contribution < 1.29 is 52.8 Å². The van der Waals surface area contributed by atoms with Crippen LogP contribution in [0, 0.1) is 0 Å². The fourth-order valence-electron chi connectivity index (χ4n) is 5.82. The Kier molecular flexibility index (Phi) is 25.4. The third-order valence-corrected chi connectivity index (χ3v) is 9.30. The first-order chi connectivity index (χ1) is 31.4. The minimum atomic E-state index is -0.973. The van der Waals surface area contributed by atoms with Crippen molar-refractivity contribution in [2.75, 3.05) is 90.2 Å². The number of nitrogens with zero attached hydrogens (tertiary/aromatic N) is 6. The number of nitrogens with one attached hydrogen (secondary N) is 3. The molecule has 3 aromatic rings. The van der Waals surface area contributed by atoms with Gasteiger partial charge in [-0.05, 0) is 64.3 Å². The predicted octanol–water partition coefficient (Wildman–Crippen LogP) is 2.24. The van der Waals surface area contributed by atoms with E-state index in [1.807, 2.05) is 18.9 Å². The zero-order chi connectivity index (χ0) is 49.1. The number of ether oxygens (including phenoxy) is 4. The number of fused-ring (bicyclic) bond motifs is 1. The number of carboxylic acid groups (broad SMARTS) is 1. The molecule has 2 aromatic heterocycles. The molecule has 0 saturated carbocycles. The maximum absolute atomic E-state index is 12.9. The average molecular weight is 928 g/mol. The predicted molar refractivity (Wildman–Crippen MR) is 247 cm³/mol. The number of carbonyl (C=O) groups is 6. The molecule has 22 nitrogen and oxygen atoms in total. The van der Waals surface area contributed by atoms with Crippen molar-refractivity contribution in [3.05, 3.63) is 41.7 Å². The standard InChI is InChI=1S/C25H33N9O4.C19H36N2O7/c1-25(2,3)38-23(37)17(10-11-18(35)28-4)31-22(36)14-6-8-16(9-7-14)34(5)13-15-12-29-21-19(30-15)20(26)32-24(27)33-21;1-3-4-10-21(18(23)6-7-19(24)25)11-5-9-20-17(22)8-12-27-15-16-28-14-13-26-2/h6-9,12,17H,10-11,13H2,1-5H3,(H,28,35)(H,31,36)(H4,26,27,29,32,33);3-16H2,1-2H3,(H,20,22)(H,24,25)/t17-;/m1./s1. The first-order valence-corrected chi connectivity index (χ1v) is 21.9. The summed E-state index contributed by atoms with van der Waals surface area (Å²) in [6, 6.07) is 5.86. The maximum atomic E-state index is 12.9. The number of amides is 4. The number of aromatic nitrogens is 4. The van der Waals surface area contributed by atoms with Crippen LogP contribution in [0.15, 0.2) is 30.5 Å². The normalized spacial score (nSPS) is 11.4. The molecule has 4 amide bonds. The molecule has 0 aliphatic heterocycles. The highest BCUT2D eigenvalue weighted by Crippen LogP contribution is 2.19. The van der Waals surface area contributed by atoms with Crippen molar-refractivity contribution in [3.8, 4) is 0 Å². The minimum absolute atomic E-state index is 0.0118. The highest BCUT2D eigenvalue weighted by molar-refractivity contribution is 5.97. The van der Waals surface area contributed by atoms with Gasteiger partial charge in [0.25, 0.3) is 5.91 Å². The van der Waals surface area contributed by atoms with E-state index in [1.54, 1.807) is 63.2 Å². The van der Waals surface area contributed by atoms with E-state index in [0.29, 0.717) is 88.1 Å². The molecule has 2 heterocycles. The zero-order valence-corrected chi connectivity index (χ0v) is 39.4. The lowest BCUT2D eigenvalue weighted by molar-refractivity contribution is -0.157. The van der Waals surface area contributed by atoms with Crippen LogP contribution in [0.4, 0.5) is 17.5 Å². The molecular weight excluding hydrogens is 859 g/mol. The van der Waals surface area contributed by atoms with Crippen LogP contribution in [0.25, 0.3) is 11.2 Å². The second kappa shape index (κ2) is 30.0. The number of esters is 1. The number of anilines is 3. The van der Waals surface area contributed by atoms with Gasteiger partial charge in [-0.1, -0.05) is 13.3 Å². The molecule has 3 rings (SSSR count). The lowest BCUT2D eigenvalue weighted by atomic mass is 10.1. The first-order valence-electron chi connectivity index (χ1n) is 21.9. The number of hydrogen-bond acceptors (Lipinski definition) is 17. The molecule has 8 N–H and O–H groups in total. The van der Waals surface area contributed by atoms with Crippen LogP contribution in [0.1, 0.15) is 95.1 Å². The summed E-state index contributed by atoms with van der Waals surface area (Å²) in [7, 11) is 4.98. The summed E-state index contributed by atoms with van der Waals surface area (Å²) < 4.78 is 20.8. The number of hydrogen-bond donors (Lipinski definition) is 6. The van der Waals surface area contributed by atoms with Crippen LogP contribution in [0.3, 0.4) is 0 Å². The Morgan fingerprint density at radius 3 is 2.15 bits per heavy atom. The van der Waals surface area contributed by atoms with Gasteiger partial charge in [0.15, 0.2) is 17.0 Å². The van der Waals surface area contributed by atoms with Crippen molar-refractivity contribution in [2.24, 2.45) is 0 Å². The van der Waals surface area contributed by atoms with Crippen molar-refractivity contribution in [2.45, 2.75) is 97.2 Å². The molecule has 0 aliphatic rings. The average Bonchev–Trinajstić information content (AvgIpc) is 3.27. The van der Waals surface area contributed by atoms with E-state index in [4.69, 9.17) is 35.5 Å². The van der Waals surface area contributed by atoms with E-state index < -0.39 is 29.5 Å². The van der Waals surface area contributed by atoms with Crippen LogP contribution in [-0.2, 0) is 49.5 Å². The van der Waals surface area contributed by atoms with E-state index >= 15 is 0 Å². The Bertz CT molecular complexity index is 2000. The van der Waals surface area contributed by atoms with Crippen molar-refractivity contribution in [1.29, 1.82) is 0 Å². The fourth-order valence-corrected chi connectivity index (χ4v) is 5.82. The lowest BCUT2D eigenvalue weighted by Gasteiger charge is -2.24. The van der Waals surface area contributed by atoms with E-state index in [1.165, 1.54) is 7.05 Å². The van der Waals surface area contributed by atoms with Gasteiger partial charge in [0.05, 0.1) is 57.9 Å². The number of aliphatic carboxylic acids is 1. The van der Waals surface area contributed by atoms with Gasteiger partial charge in [0.1, 0.15) is 11.6 Å². The van der Waals surface area contributed by atoms with E-state index in [2.05, 4.69) is 35.9 Å². The highest BCUT2D eigenvalue weighted by atomic mass is 16.6. The number of nitrogen functional groups attached to an aromatic ring is 2. The first kappa shape index (κ1) is 55.9. The van der Waals surface area contributed by atoms with Crippen LogP contribution < -0.4 is 32.3 Å². The molecule has 1 atom stereocenters. The Hall–Kier alpha value is -6.26.